The number of aryl methyl sites for hydroxylation is 1. The van der Waals surface area contributed by atoms with Crippen molar-refractivity contribution in [2.45, 2.75) is 13.5 Å². The second-order valence-electron chi connectivity index (χ2n) is 2.94. The first-order valence-corrected chi connectivity index (χ1v) is 4.14. The summed E-state index contributed by atoms with van der Waals surface area (Å²) in [7, 11) is 0. The zero-order valence-electron chi connectivity index (χ0n) is 7.91. The number of hydrogen-bond donors (Lipinski definition) is 1. The van der Waals surface area contributed by atoms with Gasteiger partial charge in [-0.25, -0.2) is 4.68 Å². The zero-order valence-corrected chi connectivity index (χ0v) is 7.91. The third kappa shape index (κ3) is 1.98. The Morgan fingerprint density at radius 3 is 3.00 bits per heavy atom. The predicted molar refractivity (Wildman–Crippen MR) is 46.7 cm³/mol. The monoisotopic (exact) mass is 208 g/mol. The van der Waals surface area contributed by atoms with E-state index in [0.29, 0.717) is 5.82 Å². The van der Waals surface area contributed by atoms with Gasteiger partial charge in [-0.1, -0.05) is 10.4 Å². The highest BCUT2D eigenvalue weighted by atomic mass is 16.5. The van der Waals surface area contributed by atoms with Crippen molar-refractivity contribution in [2.24, 2.45) is 5.73 Å². The van der Waals surface area contributed by atoms with E-state index in [1.165, 1.54) is 4.68 Å². The molecule has 15 heavy (non-hydrogen) atoms. The predicted octanol–water partition coefficient (Wildman–Crippen LogP) is -0.883. The van der Waals surface area contributed by atoms with Crippen LogP contribution in [0.4, 0.5) is 0 Å². The van der Waals surface area contributed by atoms with Crippen LogP contribution >= 0.6 is 0 Å². The van der Waals surface area contributed by atoms with Gasteiger partial charge in [0.05, 0.1) is 5.69 Å². The Labute approximate surface area is 84.1 Å². The summed E-state index contributed by atoms with van der Waals surface area (Å²) in [5.41, 5.74) is 5.74. The Balaban J connectivity index is 2.14. The van der Waals surface area contributed by atoms with E-state index in [2.05, 4.69) is 25.0 Å². The van der Waals surface area contributed by atoms with Crippen LogP contribution in [0.15, 0.2) is 10.7 Å². The van der Waals surface area contributed by atoms with Crippen molar-refractivity contribution in [2.75, 3.05) is 0 Å². The molecule has 8 heteroatoms. The van der Waals surface area contributed by atoms with Gasteiger partial charge in [0, 0.05) is 6.20 Å². The molecule has 2 N–H and O–H groups in total. The summed E-state index contributed by atoms with van der Waals surface area (Å²) in [5, 5.41) is 11.2. The molecule has 0 saturated carbocycles. The molecule has 8 nitrogen and oxygen atoms in total. The van der Waals surface area contributed by atoms with Gasteiger partial charge in [-0.2, -0.15) is 4.98 Å². The first-order chi connectivity index (χ1) is 7.15. The largest absolute Gasteiger partial charge is 0.361 e. The molecule has 2 aromatic rings. The molecule has 0 atom stereocenters. The van der Waals surface area contributed by atoms with Crippen molar-refractivity contribution in [3.8, 4) is 0 Å². The summed E-state index contributed by atoms with van der Waals surface area (Å²) in [5.74, 6) is -0.626. The lowest BCUT2D eigenvalue weighted by atomic mass is 10.5. The number of nitrogens with zero attached hydrogens (tertiary/aromatic N) is 5. The van der Waals surface area contributed by atoms with Crippen molar-refractivity contribution in [3.63, 3.8) is 0 Å². The van der Waals surface area contributed by atoms with Crippen LogP contribution in [0.3, 0.4) is 0 Å². The van der Waals surface area contributed by atoms with Gasteiger partial charge in [0.2, 0.25) is 0 Å². The number of aromatic nitrogens is 5. The molecule has 2 aromatic heterocycles. The van der Waals surface area contributed by atoms with Crippen LogP contribution in [0.1, 0.15) is 22.2 Å². The summed E-state index contributed by atoms with van der Waals surface area (Å²) < 4.78 is 6.14. The number of primary amides is 1. The van der Waals surface area contributed by atoms with Gasteiger partial charge in [-0.05, 0) is 6.92 Å². The Morgan fingerprint density at radius 1 is 1.67 bits per heavy atom. The second-order valence-corrected chi connectivity index (χ2v) is 2.94. The highest BCUT2D eigenvalue weighted by molar-refractivity contribution is 5.87. The number of carbonyl (C=O) groups excluding carboxylic acids is 1. The number of rotatable bonds is 3. The van der Waals surface area contributed by atoms with E-state index in [9.17, 15) is 4.79 Å². The fraction of sp³-hybridized carbons (Fsp3) is 0.286. The maximum Gasteiger partial charge on any atom is 0.315 e. The van der Waals surface area contributed by atoms with Crippen LogP contribution in [-0.2, 0) is 6.54 Å². The molecule has 1 amide bonds. The third-order valence-corrected chi connectivity index (χ3v) is 1.64. The molecule has 2 rings (SSSR count). The number of nitrogens with two attached hydrogens (primary N) is 1. The summed E-state index contributed by atoms with van der Waals surface area (Å²) >= 11 is 0. The minimum Gasteiger partial charge on any atom is -0.361 e. The highest BCUT2D eigenvalue weighted by Gasteiger charge is 2.11. The van der Waals surface area contributed by atoms with Gasteiger partial charge in [-0.15, -0.1) is 5.10 Å². The molecule has 0 aromatic carbocycles. The molecule has 0 spiro atoms. The van der Waals surface area contributed by atoms with E-state index in [4.69, 9.17) is 5.73 Å². The smallest absolute Gasteiger partial charge is 0.315 e. The first-order valence-electron chi connectivity index (χ1n) is 4.14. The molecule has 0 bridgehead atoms. The Kier molecular flexibility index (Phi) is 2.16. The lowest BCUT2D eigenvalue weighted by Crippen LogP contribution is -2.11. The zero-order chi connectivity index (χ0) is 10.8. The Bertz CT molecular complexity index is 487. The Hall–Kier alpha value is -2.25. The van der Waals surface area contributed by atoms with E-state index in [0.717, 1.165) is 5.69 Å². The van der Waals surface area contributed by atoms with Gasteiger partial charge >= 0.3 is 11.8 Å². The summed E-state index contributed by atoms with van der Waals surface area (Å²) in [6.07, 6.45) is 1.72. The minimum atomic E-state index is -0.747. The summed E-state index contributed by atoms with van der Waals surface area (Å²) in [4.78, 5) is 14.4. The van der Waals surface area contributed by atoms with Crippen LogP contribution in [0.25, 0.3) is 0 Å². The molecule has 0 unspecified atom stereocenters. The van der Waals surface area contributed by atoms with E-state index in [1.54, 1.807) is 6.20 Å². The van der Waals surface area contributed by atoms with Crippen LogP contribution in [-0.4, -0.2) is 31.0 Å². The van der Waals surface area contributed by atoms with Crippen molar-refractivity contribution in [3.05, 3.63) is 23.6 Å². The van der Waals surface area contributed by atoms with Crippen molar-refractivity contribution < 1.29 is 9.32 Å². The molecule has 0 radical (unpaired) electrons. The highest BCUT2D eigenvalue weighted by Crippen LogP contribution is 1.99. The van der Waals surface area contributed by atoms with Crippen LogP contribution in [0.5, 0.6) is 0 Å². The third-order valence-electron chi connectivity index (χ3n) is 1.64. The van der Waals surface area contributed by atoms with Gasteiger partial charge in [-0.3, -0.25) is 4.79 Å². The molecule has 0 aliphatic heterocycles. The summed E-state index contributed by atoms with van der Waals surface area (Å²) in [6, 6.07) is 0. The number of hydrogen-bond acceptors (Lipinski definition) is 6. The van der Waals surface area contributed by atoms with Crippen molar-refractivity contribution in [1.82, 2.24) is 25.1 Å². The Morgan fingerprint density at radius 2 is 2.47 bits per heavy atom. The van der Waals surface area contributed by atoms with Gasteiger partial charge in [0.15, 0.2) is 5.82 Å². The van der Waals surface area contributed by atoms with Crippen LogP contribution < -0.4 is 5.73 Å². The average Bonchev–Trinajstić information content (AvgIpc) is 2.76. The van der Waals surface area contributed by atoms with Gasteiger partial charge in [0.1, 0.15) is 6.54 Å². The van der Waals surface area contributed by atoms with E-state index >= 15 is 0 Å². The lowest BCUT2D eigenvalue weighted by Gasteiger charge is -1.91. The van der Waals surface area contributed by atoms with Crippen molar-refractivity contribution >= 4 is 5.91 Å². The second kappa shape index (κ2) is 3.48. The lowest BCUT2D eigenvalue weighted by molar-refractivity contribution is 0.0958. The SMILES string of the molecule is Cc1cn(Cc2noc(C(N)=O)n2)nn1. The van der Waals surface area contributed by atoms with Gasteiger partial charge in [0.25, 0.3) is 0 Å². The molecular formula is C7H8N6O2. The summed E-state index contributed by atoms with van der Waals surface area (Å²) in [6.45, 7) is 2.10. The van der Waals surface area contributed by atoms with Gasteiger partial charge < -0.3 is 10.3 Å². The molecule has 0 fully saturated rings. The molecule has 0 saturated heterocycles. The minimum absolute atomic E-state index is 0.207. The molecule has 2 heterocycles. The molecule has 78 valence electrons. The number of carbonyl (C=O) groups is 1. The maximum absolute atomic E-state index is 10.7. The van der Waals surface area contributed by atoms with E-state index in [1.807, 2.05) is 6.92 Å². The molecular weight excluding hydrogens is 200 g/mol. The normalized spacial score (nSPS) is 10.5. The van der Waals surface area contributed by atoms with Crippen LogP contribution in [0.2, 0.25) is 0 Å². The quantitative estimate of drug-likeness (QED) is 0.700. The van der Waals surface area contributed by atoms with Crippen LogP contribution in [0, 0.1) is 6.92 Å². The van der Waals surface area contributed by atoms with E-state index < -0.39 is 5.91 Å². The molecule has 0 aliphatic carbocycles. The fourth-order valence-electron chi connectivity index (χ4n) is 1.04. The topological polar surface area (TPSA) is 113 Å². The fourth-order valence-corrected chi connectivity index (χ4v) is 1.04. The first kappa shape index (κ1) is 9.31. The standard InChI is InChI=1S/C7H8N6O2/c1-4-2-13(12-10-4)3-5-9-7(6(8)14)15-11-5/h2H,3H2,1H3,(H2,8,14). The molecule has 0 aliphatic rings. The van der Waals surface area contributed by atoms with E-state index in [-0.39, 0.29) is 12.4 Å². The van der Waals surface area contributed by atoms with Crippen molar-refractivity contribution in [1.29, 1.82) is 0 Å². The number of amides is 1. The maximum atomic E-state index is 10.7. The average molecular weight is 208 g/mol.